The second kappa shape index (κ2) is 7.10. The summed E-state index contributed by atoms with van der Waals surface area (Å²) in [5.74, 6) is -1.49. The van der Waals surface area contributed by atoms with Crippen LogP contribution in [0.5, 0.6) is 0 Å². The van der Waals surface area contributed by atoms with Crippen LogP contribution in [0.25, 0.3) is 0 Å². The first kappa shape index (κ1) is 19.6. The molecule has 1 aromatic carbocycles. The third-order valence-corrected chi connectivity index (χ3v) is 5.30. The van der Waals surface area contributed by atoms with E-state index in [9.17, 15) is 22.8 Å². The van der Waals surface area contributed by atoms with Crippen molar-refractivity contribution >= 4 is 11.8 Å². The van der Waals surface area contributed by atoms with E-state index in [1.165, 1.54) is 19.1 Å². The van der Waals surface area contributed by atoms with Crippen molar-refractivity contribution in [3.05, 3.63) is 35.4 Å². The van der Waals surface area contributed by atoms with Crippen molar-refractivity contribution in [2.45, 2.75) is 37.1 Å². The van der Waals surface area contributed by atoms with Crippen molar-refractivity contribution in [3.63, 3.8) is 0 Å². The summed E-state index contributed by atoms with van der Waals surface area (Å²) in [4.78, 5) is 24.9. The minimum atomic E-state index is -4.57. The maximum atomic E-state index is 13.0. The summed E-state index contributed by atoms with van der Waals surface area (Å²) in [6.07, 6.45) is -3.74. The Labute approximate surface area is 154 Å². The smallest absolute Gasteiger partial charge is 0.367 e. The summed E-state index contributed by atoms with van der Waals surface area (Å²) in [5.41, 5.74) is 8.71. The van der Waals surface area contributed by atoms with Crippen molar-refractivity contribution < 1.29 is 22.8 Å². The molecule has 4 atom stereocenters. The van der Waals surface area contributed by atoms with Gasteiger partial charge in [-0.25, -0.2) is 5.43 Å². The molecule has 2 aliphatic heterocycles. The van der Waals surface area contributed by atoms with Crippen LogP contribution in [0.2, 0.25) is 0 Å². The monoisotopic (exact) mass is 385 g/mol. The van der Waals surface area contributed by atoms with Crippen molar-refractivity contribution in [1.82, 2.24) is 21.5 Å². The lowest BCUT2D eigenvalue weighted by Gasteiger charge is -2.32. The number of fused-ring (bicyclic) bond motifs is 1. The predicted molar refractivity (Wildman–Crippen MR) is 91.0 cm³/mol. The van der Waals surface area contributed by atoms with E-state index in [4.69, 9.17) is 5.73 Å². The minimum Gasteiger partial charge on any atom is -0.367 e. The summed E-state index contributed by atoms with van der Waals surface area (Å²) in [6, 6.07) is 3.72. The van der Waals surface area contributed by atoms with Gasteiger partial charge in [0.1, 0.15) is 11.6 Å². The highest BCUT2D eigenvalue weighted by molar-refractivity contribution is 5.93. The van der Waals surface area contributed by atoms with E-state index in [1.54, 1.807) is 0 Å². The number of halogens is 3. The molecule has 2 amide bonds. The van der Waals surface area contributed by atoms with E-state index in [-0.39, 0.29) is 17.5 Å². The zero-order valence-electron chi connectivity index (χ0n) is 14.7. The molecule has 27 heavy (non-hydrogen) atoms. The van der Waals surface area contributed by atoms with Crippen molar-refractivity contribution in [2.24, 2.45) is 11.7 Å². The summed E-state index contributed by atoms with van der Waals surface area (Å²) in [6.45, 7) is 2.74. The van der Waals surface area contributed by atoms with Crippen LogP contribution < -0.4 is 27.2 Å². The molecule has 0 aromatic heterocycles. The van der Waals surface area contributed by atoms with Crippen LogP contribution in [0.15, 0.2) is 24.3 Å². The van der Waals surface area contributed by atoms with Crippen molar-refractivity contribution in [3.8, 4) is 0 Å². The number of carbonyl (C=O) groups excluding carboxylic acids is 2. The summed E-state index contributed by atoms with van der Waals surface area (Å²) in [7, 11) is 0. The molecule has 0 aliphatic carbocycles. The highest BCUT2D eigenvalue weighted by Gasteiger charge is 2.45. The maximum Gasteiger partial charge on any atom is 0.416 e. The Morgan fingerprint density at radius 2 is 1.93 bits per heavy atom. The van der Waals surface area contributed by atoms with E-state index in [0.29, 0.717) is 6.54 Å². The minimum absolute atomic E-state index is 0.0255. The Bertz CT molecular complexity index is 742. The molecule has 2 fully saturated rings. The number of carbonyl (C=O) groups is 2. The van der Waals surface area contributed by atoms with Crippen LogP contribution in [-0.4, -0.2) is 37.0 Å². The van der Waals surface area contributed by atoms with Crippen LogP contribution in [0, 0.1) is 5.92 Å². The van der Waals surface area contributed by atoms with Crippen LogP contribution in [0.3, 0.4) is 0 Å². The third kappa shape index (κ3) is 3.78. The zero-order chi connectivity index (χ0) is 19.8. The van der Waals surface area contributed by atoms with Gasteiger partial charge in [-0.05, 0) is 37.6 Å². The molecular formula is C17H22F3N5O2. The van der Waals surface area contributed by atoms with Gasteiger partial charge in [0, 0.05) is 18.5 Å². The molecule has 0 saturated carbocycles. The predicted octanol–water partition coefficient (Wildman–Crippen LogP) is -0.0234. The normalized spacial score (nSPS) is 27.5. The molecule has 0 spiro atoms. The van der Waals surface area contributed by atoms with Crippen LogP contribution in [0.1, 0.15) is 24.5 Å². The molecule has 2 heterocycles. The van der Waals surface area contributed by atoms with Gasteiger partial charge in [-0.2, -0.15) is 13.2 Å². The Morgan fingerprint density at radius 3 is 2.59 bits per heavy atom. The maximum absolute atomic E-state index is 13.0. The van der Waals surface area contributed by atoms with E-state index >= 15 is 0 Å². The first-order chi connectivity index (χ1) is 12.6. The number of hydrogen-bond acceptors (Lipinski definition) is 5. The lowest BCUT2D eigenvalue weighted by molar-refractivity contribution is -0.138. The molecule has 6 N–H and O–H groups in total. The van der Waals surface area contributed by atoms with Gasteiger partial charge >= 0.3 is 6.18 Å². The molecule has 148 valence electrons. The topological polar surface area (TPSA) is 108 Å². The number of primary amides is 1. The average molecular weight is 385 g/mol. The molecule has 2 saturated heterocycles. The summed E-state index contributed by atoms with van der Waals surface area (Å²) >= 11 is 0. The van der Waals surface area contributed by atoms with Crippen molar-refractivity contribution in [2.75, 3.05) is 13.1 Å². The van der Waals surface area contributed by atoms with Crippen molar-refractivity contribution in [1.29, 1.82) is 0 Å². The SMILES string of the molecule is CC(NC(=O)C1NNC2CCNCC21)(C(N)=O)c1cccc(C(F)(F)F)c1. The van der Waals surface area contributed by atoms with Gasteiger partial charge in [-0.3, -0.25) is 15.0 Å². The van der Waals surface area contributed by atoms with Gasteiger partial charge in [0.25, 0.3) is 0 Å². The summed E-state index contributed by atoms with van der Waals surface area (Å²) < 4.78 is 39.1. The van der Waals surface area contributed by atoms with Gasteiger partial charge in [0.05, 0.1) is 5.56 Å². The molecule has 1 aromatic rings. The molecule has 2 aliphatic rings. The van der Waals surface area contributed by atoms with E-state index in [1.807, 2.05) is 0 Å². The Hall–Kier alpha value is -2.17. The highest BCUT2D eigenvalue weighted by atomic mass is 19.4. The lowest BCUT2D eigenvalue weighted by atomic mass is 9.86. The molecule has 0 radical (unpaired) electrons. The first-order valence-electron chi connectivity index (χ1n) is 8.64. The number of alkyl halides is 3. The lowest BCUT2D eigenvalue weighted by Crippen LogP contribution is -2.58. The Kier molecular flexibility index (Phi) is 5.15. The summed E-state index contributed by atoms with van der Waals surface area (Å²) in [5, 5.41) is 5.76. The van der Waals surface area contributed by atoms with E-state index < -0.39 is 35.1 Å². The number of piperidine rings is 1. The van der Waals surface area contributed by atoms with Gasteiger partial charge in [-0.1, -0.05) is 12.1 Å². The molecular weight excluding hydrogens is 363 g/mol. The quantitative estimate of drug-likeness (QED) is 0.501. The molecule has 3 rings (SSSR count). The number of hydrazine groups is 1. The molecule has 10 heteroatoms. The number of amides is 2. The van der Waals surface area contributed by atoms with E-state index in [0.717, 1.165) is 25.1 Å². The van der Waals surface area contributed by atoms with Gasteiger partial charge in [0.2, 0.25) is 11.8 Å². The highest BCUT2D eigenvalue weighted by Crippen LogP contribution is 2.32. The van der Waals surface area contributed by atoms with E-state index in [2.05, 4.69) is 21.5 Å². The van der Waals surface area contributed by atoms with Crippen LogP contribution in [0.4, 0.5) is 13.2 Å². The zero-order valence-corrected chi connectivity index (χ0v) is 14.7. The molecule has 4 unspecified atom stereocenters. The number of hydrogen-bond donors (Lipinski definition) is 5. The molecule has 7 nitrogen and oxygen atoms in total. The van der Waals surface area contributed by atoms with Crippen LogP contribution >= 0.6 is 0 Å². The fraction of sp³-hybridized carbons (Fsp3) is 0.529. The number of nitrogens with one attached hydrogen (secondary N) is 4. The van der Waals surface area contributed by atoms with Crippen LogP contribution in [-0.2, 0) is 21.3 Å². The Balaban J connectivity index is 1.85. The second-order valence-corrected chi connectivity index (χ2v) is 7.09. The molecule has 0 bridgehead atoms. The second-order valence-electron chi connectivity index (χ2n) is 7.09. The number of benzene rings is 1. The van der Waals surface area contributed by atoms with Gasteiger partial charge < -0.3 is 16.4 Å². The first-order valence-corrected chi connectivity index (χ1v) is 8.64. The average Bonchev–Trinajstić information content (AvgIpc) is 3.05. The largest absolute Gasteiger partial charge is 0.416 e. The number of rotatable bonds is 4. The number of nitrogens with two attached hydrogens (primary N) is 1. The van der Waals surface area contributed by atoms with Gasteiger partial charge in [-0.15, -0.1) is 0 Å². The van der Waals surface area contributed by atoms with Gasteiger partial charge in [0.15, 0.2) is 0 Å². The fourth-order valence-electron chi connectivity index (χ4n) is 3.58. The standard InChI is InChI=1S/C17H22F3N5O2/c1-16(15(21)27,9-3-2-4-10(7-9)17(18,19)20)23-14(26)13-11-8-22-6-5-12(11)24-25-13/h2-4,7,11-13,22,24-25H,5-6,8H2,1H3,(H2,21,27)(H,23,26). The third-order valence-electron chi connectivity index (χ3n) is 5.30. The Morgan fingerprint density at radius 1 is 1.22 bits per heavy atom. The fourth-order valence-corrected chi connectivity index (χ4v) is 3.58.